The van der Waals surface area contributed by atoms with Crippen LogP contribution in [0, 0.1) is 11.3 Å². The summed E-state index contributed by atoms with van der Waals surface area (Å²) >= 11 is 0. The highest BCUT2D eigenvalue weighted by Crippen LogP contribution is 2.55. The number of benzene rings is 1. The van der Waals surface area contributed by atoms with E-state index in [4.69, 9.17) is 0 Å². The Balaban J connectivity index is 1.51. The number of hydrogen-bond acceptors (Lipinski definition) is 6. The minimum absolute atomic E-state index is 0.174. The van der Waals surface area contributed by atoms with Gasteiger partial charge in [0, 0.05) is 19.0 Å². The van der Waals surface area contributed by atoms with E-state index in [1.165, 1.54) is 4.90 Å². The molecule has 4 atom stereocenters. The van der Waals surface area contributed by atoms with Crippen molar-refractivity contribution in [2.45, 2.75) is 56.5 Å². The summed E-state index contributed by atoms with van der Waals surface area (Å²) in [6.45, 7) is -1.09. The molecular weight excluding hydrogens is 495 g/mol. The fourth-order valence-electron chi connectivity index (χ4n) is 5.22. The first-order valence-corrected chi connectivity index (χ1v) is 12.3. The van der Waals surface area contributed by atoms with E-state index in [1.54, 1.807) is 30.3 Å². The first-order valence-electron chi connectivity index (χ1n) is 12.3. The fraction of sp³-hybridized carbons (Fsp3) is 0.600. The highest BCUT2D eigenvalue weighted by Gasteiger charge is 2.56. The number of halogens is 3. The van der Waals surface area contributed by atoms with Gasteiger partial charge in [-0.1, -0.05) is 30.3 Å². The van der Waals surface area contributed by atoms with E-state index in [9.17, 15) is 37.5 Å². The summed E-state index contributed by atoms with van der Waals surface area (Å²) in [6.07, 6.45) is -2.84. The number of nitrogens with zero attached hydrogens (tertiary/aromatic N) is 1. The number of aliphatic hydroxyl groups is 1. The molecule has 202 valence electrons. The zero-order valence-electron chi connectivity index (χ0n) is 20.1. The van der Waals surface area contributed by atoms with Crippen molar-refractivity contribution in [1.29, 1.82) is 0 Å². The smallest absolute Gasteiger partial charge is 0.395 e. The molecule has 2 aliphatic heterocycles. The molecule has 0 radical (unpaired) electrons. The Morgan fingerprint density at radius 2 is 1.92 bits per heavy atom. The first kappa shape index (κ1) is 27.1. The molecule has 1 aromatic carbocycles. The van der Waals surface area contributed by atoms with Crippen LogP contribution >= 0.6 is 0 Å². The first-order chi connectivity index (χ1) is 17.5. The van der Waals surface area contributed by atoms with Crippen molar-refractivity contribution in [3.8, 4) is 0 Å². The lowest BCUT2D eigenvalue weighted by Gasteiger charge is -2.29. The van der Waals surface area contributed by atoms with Gasteiger partial charge in [-0.2, -0.15) is 0 Å². The van der Waals surface area contributed by atoms with Crippen molar-refractivity contribution in [2.24, 2.45) is 11.3 Å². The van der Waals surface area contributed by atoms with E-state index in [-0.39, 0.29) is 17.7 Å². The Morgan fingerprint density at radius 3 is 2.49 bits per heavy atom. The predicted molar refractivity (Wildman–Crippen MR) is 123 cm³/mol. The fourth-order valence-corrected chi connectivity index (χ4v) is 5.22. The number of alkyl halides is 3. The molecule has 2 heterocycles. The molecule has 3 fully saturated rings. The van der Waals surface area contributed by atoms with Crippen molar-refractivity contribution >= 4 is 23.5 Å². The van der Waals surface area contributed by atoms with Crippen molar-refractivity contribution < 1.29 is 42.2 Å². The second kappa shape index (κ2) is 10.8. The molecule has 3 amide bonds. The van der Waals surface area contributed by atoms with E-state index in [0.29, 0.717) is 31.5 Å². The highest BCUT2D eigenvalue weighted by molar-refractivity contribution is 5.95. The number of likely N-dealkylation sites (tertiary alicyclic amines) is 1. The Kier molecular flexibility index (Phi) is 7.88. The molecule has 2 saturated heterocycles. The number of ether oxygens (including phenoxy) is 1. The van der Waals surface area contributed by atoms with E-state index >= 15 is 0 Å². The maximum Gasteiger partial charge on any atom is 0.522 e. The zero-order valence-corrected chi connectivity index (χ0v) is 20.1. The number of carbonyl (C=O) groups is 4. The van der Waals surface area contributed by atoms with Crippen LogP contribution in [0.25, 0.3) is 0 Å². The van der Waals surface area contributed by atoms with Crippen LogP contribution in [0.15, 0.2) is 30.3 Å². The molecule has 9 nitrogen and oxygen atoms in total. The van der Waals surface area contributed by atoms with E-state index in [0.717, 1.165) is 12.8 Å². The molecule has 3 aliphatic rings. The maximum absolute atomic E-state index is 13.5. The van der Waals surface area contributed by atoms with Crippen LogP contribution in [0.5, 0.6) is 0 Å². The quantitative estimate of drug-likeness (QED) is 0.423. The summed E-state index contributed by atoms with van der Waals surface area (Å²) in [6, 6.07) is 6.32. The van der Waals surface area contributed by atoms with Crippen LogP contribution in [0.2, 0.25) is 0 Å². The monoisotopic (exact) mass is 525 g/mol. The number of hydrogen-bond donors (Lipinski definition) is 3. The lowest BCUT2D eigenvalue weighted by molar-refractivity contribution is -0.321. The summed E-state index contributed by atoms with van der Waals surface area (Å²) < 4.78 is 41.3. The van der Waals surface area contributed by atoms with Gasteiger partial charge in [-0.25, -0.2) is 0 Å². The number of ketones is 1. The van der Waals surface area contributed by atoms with Gasteiger partial charge in [0.2, 0.25) is 17.7 Å². The number of nitrogens with one attached hydrogen (secondary N) is 2. The van der Waals surface area contributed by atoms with Gasteiger partial charge in [0.25, 0.3) is 0 Å². The summed E-state index contributed by atoms with van der Waals surface area (Å²) in [7, 11) is 0. The number of carbonyl (C=O) groups excluding carboxylic acids is 4. The van der Waals surface area contributed by atoms with Gasteiger partial charge in [0.1, 0.15) is 12.6 Å². The Morgan fingerprint density at radius 1 is 1.22 bits per heavy atom. The van der Waals surface area contributed by atoms with Crippen molar-refractivity contribution in [2.75, 3.05) is 26.3 Å². The standard InChI is InChI=1S/C25H30F3N3O6/c26-25(27,28)37-13-20(33)18(10-16-6-9-29-21(16)34)30-22(35)19-11-24(7-8-24)14-31(19)23(36)17(12-32)15-4-2-1-3-5-15/h1-5,16-19,32H,6-14H2,(H,29,34)(H,30,35)/t16-,17+,18-,19-/m0/s1. The lowest BCUT2D eigenvalue weighted by Crippen LogP contribution is -2.53. The summed E-state index contributed by atoms with van der Waals surface area (Å²) in [5.41, 5.74) is 0.369. The van der Waals surface area contributed by atoms with Gasteiger partial charge in [-0.3, -0.25) is 23.9 Å². The maximum atomic E-state index is 13.5. The normalized spacial score (nSPS) is 24.0. The average molecular weight is 526 g/mol. The van der Waals surface area contributed by atoms with Crippen LogP contribution in [0.4, 0.5) is 13.2 Å². The second-order valence-electron chi connectivity index (χ2n) is 10.1. The Bertz CT molecular complexity index is 1030. The number of aliphatic hydroxyl groups excluding tert-OH is 1. The SMILES string of the molecule is O=C1NCC[C@H]1C[C@H](NC(=O)[C@@H]1CC2(CC2)CN1C(=O)[C@H](CO)c1ccccc1)C(=O)COC(F)(F)F. The van der Waals surface area contributed by atoms with Crippen molar-refractivity contribution in [3.63, 3.8) is 0 Å². The minimum Gasteiger partial charge on any atom is -0.395 e. The Hall–Kier alpha value is -2.99. The average Bonchev–Trinajstić information content (AvgIpc) is 3.32. The molecule has 0 aromatic heterocycles. The molecule has 12 heteroatoms. The van der Waals surface area contributed by atoms with Crippen LogP contribution < -0.4 is 10.6 Å². The van der Waals surface area contributed by atoms with Gasteiger partial charge < -0.3 is 20.6 Å². The van der Waals surface area contributed by atoms with Gasteiger partial charge in [0.05, 0.1) is 18.6 Å². The van der Waals surface area contributed by atoms with Crippen LogP contribution in [0.3, 0.4) is 0 Å². The highest BCUT2D eigenvalue weighted by atomic mass is 19.4. The molecule has 0 bridgehead atoms. The summed E-state index contributed by atoms with van der Waals surface area (Å²) in [5.74, 6) is -3.99. The number of rotatable bonds is 10. The van der Waals surface area contributed by atoms with Gasteiger partial charge in [-0.15, -0.1) is 13.2 Å². The topological polar surface area (TPSA) is 125 Å². The third kappa shape index (κ3) is 6.48. The van der Waals surface area contributed by atoms with Crippen LogP contribution in [-0.2, 0) is 23.9 Å². The van der Waals surface area contributed by atoms with E-state index < -0.39 is 61.1 Å². The third-order valence-electron chi connectivity index (χ3n) is 7.50. The van der Waals surface area contributed by atoms with E-state index in [1.807, 2.05) is 0 Å². The van der Waals surface area contributed by atoms with Gasteiger partial charge in [0.15, 0.2) is 5.78 Å². The van der Waals surface area contributed by atoms with Gasteiger partial charge >= 0.3 is 6.36 Å². The zero-order chi connectivity index (χ0) is 26.8. The molecule has 4 rings (SSSR count). The molecule has 1 spiro atoms. The molecule has 1 aliphatic carbocycles. The molecular formula is C25H30F3N3O6. The minimum atomic E-state index is -5.03. The number of Topliss-reactive ketones (excluding diaryl/α,β-unsaturated/α-hetero) is 1. The lowest BCUT2D eigenvalue weighted by atomic mass is 9.95. The van der Waals surface area contributed by atoms with Gasteiger partial charge in [-0.05, 0) is 43.1 Å². The Labute approximate surface area is 211 Å². The summed E-state index contributed by atoms with van der Waals surface area (Å²) in [4.78, 5) is 53.0. The van der Waals surface area contributed by atoms with Crippen molar-refractivity contribution in [3.05, 3.63) is 35.9 Å². The van der Waals surface area contributed by atoms with Crippen LogP contribution in [-0.4, -0.2) is 78.3 Å². The third-order valence-corrected chi connectivity index (χ3v) is 7.50. The second-order valence-corrected chi connectivity index (χ2v) is 10.1. The van der Waals surface area contributed by atoms with Crippen LogP contribution in [0.1, 0.15) is 43.6 Å². The number of amides is 3. The largest absolute Gasteiger partial charge is 0.522 e. The molecule has 37 heavy (non-hydrogen) atoms. The molecule has 0 unspecified atom stereocenters. The molecule has 1 saturated carbocycles. The van der Waals surface area contributed by atoms with E-state index in [2.05, 4.69) is 15.4 Å². The molecule has 3 N–H and O–H groups in total. The molecule has 1 aromatic rings. The predicted octanol–water partition coefficient (Wildman–Crippen LogP) is 1.26. The van der Waals surface area contributed by atoms with Crippen molar-refractivity contribution in [1.82, 2.24) is 15.5 Å². The summed E-state index contributed by atoms with van der Waals surface area (Å²) in [5, 5.41) is 15.1.